The van der Waals surface area contributed by atoms with Gasteiger partial charge in [0.25, 0.3) is 11.6 Å². The molecule has 0 bridgehead atoms. The van der Waals surface area contributed by atoms with Crippen molar-refractivity contribution < 1.29 is 19.2 Å². The van der Waals surface area contributed by atoms with Gasteiger partial charge in [-0.15, -0.1) is 0 Å². The van der Waals surface area contributed by atoms with Crippen LogP contribution in [0.5, 0.6) is 0 Å². The normalized spacial score (nSPS) is 16.9. The van der Waals surface area contributed by atoms with E-state index in [1.165, 1.54) is 12.1 Å². The Morgan fingerprint density at radius 3 is 2.72 bits per heavy atom. The molecule has 1 aromatic heterocycles. The lowest BCUT2D eigenvalue weighted by Crippen LogP contribution is -2.48. The van der Waals surface area contributed by atoms with Crippen molar-refractivity contribution >= 4 is 28.6 Å². The summed E-state index contributed by atoms with van der Waals surface area (Å²) in [6.07, 6.45) is 1.34. The molecule has 0 spiro atoms. The lowest BCUT2D eigenvalue weighted by Gasteiger charge is -2.37. The summed E-state index contributed by atoms with van der Waals surface area (Å²) < 4.78 is 5.55. The van der Waals surface area contributed by atoms with Crippen molar-refractivity contribution in [2.24, 2.45) is 5.92 Å². The summed E-state index contributed by atoms with van der Waals surface area (Å²) >= 11 is 0. The fourth-order valence-corrected chi connectivity index (χ4v) is 3.92. The molecule has 1 fully saturated rings. The van der Waals surface area contributed by atoms with E-state index in [0.717, 1.165) is 12.8 Å². The summed E-state index contributed by atoms with van der Waals surface area (Å²) in [6, 6.07) is 4.27. The lowest BCUT2D eigenvalue weighted by atomic mass is 9.96. The number of hydrogen-bond acceptors (Lipinski definition) is 6. The van der Waals surface area contributed by atoms with E-state index in [-0.39, 0.29) is 35.3 Å². The molecule has 3 rings (SSSR count). The maximum atomic E-state index is 13.2. The highest BCUT2D eigenvalue weighted by Gasteiger charge is 2.31. The highest BCUT2D eigenvalue weighted by molar-refractivity contribution is 6.05. The summed E-state index contributed by atoms with van der Waals surface area (Å²) in [5.74, 6) is -0.169. The van der Waals surface area contributed by atoms with Crippen molar-refractivity contribution in [3.63, 3.8) is 0 Å². The minimum atomic E-state index is -0.581. The van der Waals surface area contributed by atoms with Crippen LogP contribution in [-0.2, 0) is 4.74 Å². The number of likely N-dealkylation sites (tertiary alicyclic amines) is 1. The number of benzene rings is 1. The zero-order valence-electron chi connectivity index (χ0n) is 19.3. The van der Waals surface area contributed by atoms with Crippen molar-refractivity contribution in [3.05, 3.63) is 34.0 Å². The Morgan fingerprint density at radius 1 is 1.38 bits per heavy atom. The second-order valence-corrected chi connectivity index (χ2v) is 9.55. The molecule has 0 saturated carbocycles. The van der Waals surface area contributed by atoms with Crippen LogP contribution >= 0.6 is 0 Å². The number of hydrogen-bond donors (Lipinski definition) is 1. The van der Waals surface area contributed by atoms with Gasteiger partial charge in [-0.1, -0.05) is 0 Å². The smallest absolute Gasteiger partial charge is 0.410 e. The van der Waals surface area contributed by atoms with E-state index in [1.54, 1.807) is 15.9 Å². The molecule has 1 atom stereocenters. The largest absolute Gasteiger partial charge is 0.444 e. The van der Waals surface area contributed by atoms with Gasteiger partial charge in [-0.2, -0.15) is 5.10 Å². The summed E-state index contributed by atoms with van der Waals surface area (Å²) in [4.78, 5) is 39.9. The molecule has 32 heavy (non-hydrogen) atoms. The van der Waals surface area contributed by atoms with Crippen molar-refractivity contribution in [3.8, 4) is 0 Å². The second kappa shape index (κ2) is 9.13. The van der Waals surface area contributed by atoms with Crippen LogP contribution in [0.25, 0.3) is 10.9 Å². The Hall–Kier alpha value is -3.17. The van der Waals surface area contributed by atoms with Gasteiger partial charge in [0.2, 0.25) is 0 Å². The quantitative estimate of drug-likeness (QED) is 0.549. The van der Waals surface area contributed by atoms with E-state index < -0.39 is 10.5 Å². The zero-order chi connectivity index (χ0) is 23.6. The van der Waals surface area contributed by atoms with Crippen LogP contribution in [0.4, 0.5) is 10.5 Å². The van der Waals surface area contributed by atoms with Crippen LogP contribution in [0.1, 0.15) is 57.9 Å². The minimum Gasteiger partial charge on any atom is -0.444 e. The number of amides is 2. The predicted molar refractivity (Wildman–Crippen MR) is 119 cm³/mol. The number of aromatic nitrogens is 2. The Morgan fingerprint density at radius 2 is 2.09 bits per heavy atom. The first-order chi connectivity index (χ1) is 15.0. The molecule has 1 saturated heterocycles. The first-order valence-corrected chi connectivity index (χ1v) is 10.9. The zero-order valence-corrected chi connectivity index (χ0v) is 19.3. The summed E-state index contributed by atoms with van der Waals surface area (Å²) in [5.41, 5.74) is 0.0811. The Labute approximate surface area is 187 Å². The molecule has 1 unspecified atom stereocenters. The molecule has 10 nitrogen and oxygen atoms in total. The monoisotopic (exact) mass is 445 g/mol. The van der Waals surface area contributed by atoms with E-state index in [1.807, 2.05) is 34.6 Å². The number of carbonyl (C=O) groups is 2. The summed E-state index contributed by atoms with van der Waals surface area (Å²) in [6.45, 7) is 10.9. The van der Waals surface area contributed by atoms with Gasteiger partial charge in [-0.05, 0) is 59.4 Å². The van der Waals surface area contributed by atoms with Crippen LogP contribution in [0.3, 0.4) is 0 Å². The number of nitro groups is 1. The first-order valence-electron chi connectivity index (χ1n) is 10.9. The number of fused-ring (bicyclic) bond motifs is 1. The molecule has 1 aliphatic rings. The number of carbonyl (C=O) groups excluding carboxylic acids is 2. The molecule has 2 aromatic rings. The Kier molecular flexibility index (Phi) is 6.71. The van der Waals surface area contributed by atoms with Crippen molar-refractivity contribution in [2.75, 3.05) is 19.6 Å². The molecule has 0 aliphatic carbocycles. The number of aromatic amines is 1. The molecule has 2 heterocycles. The number of non-ortho nitro benzene ring substituents is 1. The molecular weight excluding hydrogens is 414 g/mol. The van der Waals surface area contributed by atoms with E-state index in [4.69, 9.17) is 4.74 Å². The number of ether oxygens (including phenoxy) is 1. The van der Waals surface area contributed by atoms with Crippen LogP contribution < -0.4 is 0 Å². The van der Waals surface area contributed by atoms with Crippen molar-refractivity contribution in [1.82, 2.24) is 20.0 Å². The molecule has 1 aliphatic heterocycles. The third-order valence-corrected chi connectivity index (χ3v) is 5.47. The third kappa shape index (κ3) is 5.35. The van der Waals surface area contributed by atoms with Crippen LogP contribution in [0.2, 0.25) is 0 Å². The van der Waals surface area contributed by atoms with Crippen LogP contribution in [-0.4, -0.2) is 68.2 Å². The van der Waals surface area contributed by atoms with E-state index in [0.29, 0.717) is 30.5 Å². The van der Waals surface area contributed by atoms with E-state index in [2.05, 4.69) is 10.2 Å². The highest BCUT2D eigenvalue weighted by atomic mass is 16.6. The molecule has 2 amide bonds. The van der Waals surface area contributed by atoms with Gasteiger partial charge in [0, 0.05) is 43.2 Å². The minimum absolute atomic E-state index is 0.0354. The first kappa shape index (κ1) is 23.5. The number of piperidine rings is 1. The molecule has 1 N–H and O–H groups in total. The number of nitrogens with one attached hydrogen (secondary N) is 1. The number of nitrogens with zero attached hydrogens (tertiary/aromatic N) is 4. The van der Waals surface area contributed by atoms with Gasteiger partial charge < -0.3 is 14.5 Å². The lowest BCUT2D eigenvalue weighted by molar-refractivity contribution is -0.384. The number of rotatable bonds is 5. The molecule has 0 radical (unpaired) electrons. The summed E-state index contributed by atoms with van der Waals surface area (Å²) in [5, 5.41) is 18.5. The number of nitro benzene ring substituents is 1. The van der Waals surface area contributed by atoms with Gasteiger partial charge in [0.1, 0.15) is 5.60 Å². The molecule has 10 heteroatoms. The van der Waals surface area contributed by atoms with Gasteiger partial charge in [-0.3, -0.25) is 20.0 Å². The average molecular weight is 446 g/mol. The molecule has 1 aromatic carbocycles. The van der Waals surface area contributed by atoms with Crippen molar-refractivity contribution in [1.29, 1.82) is 0 Å². The number of H-pyrrole nitrogens is 1. The fourth-order valence-electron chi connectivity index (χ4n) is 3.92. The van der Waals surface area contributed by atoms with Crippen molar-refractivity contribution in [2.45, 2.75) is 59.1 Å². The van der Waals surface area contributed by atoms with E-state index in [9.17, 15) is 19.7 Å². The van der Waals surface area contributed by atoms with Crippen LogP contribution in [0, 0.1) is 16.0 Å². The Bertz CT molecular complexity index is 1010. The molecular formula is C22H31N5O5. The SMILES string of the molecule is CC(C)N(CC1CCCN(C(=O)c2n[nH]c3ccc([N+](=O)[O-])cc23)C1)C(=O)OC(C)(C)C. The summed E-state index contributed by atoms with van der Waals surface area (Å²) in [7, 11) is 0. The van der Waals surface area contributed by atoms with Gasteiger partial charge in [0.15, 0.2) is 5.69 Å². The second-order valence-electron chi connectivity index (χ2n) is 9.55. The average Bonchev–Trinajstić information content (AvgIpc) is 3.13. The van der Waals surface area contributed by atoms with Crippen LogP contribution in [0.15, 0.2) is 18.2 Å². The third-order valence-electron chi connectivity index (χ3n) is 5.47. The van der Waals surface area contributed by atoms with Gasteiger partial charge >= 0.3 is 6.09 Å². The maximum absolute atomic E-state index is 13.2. The Balaban J connectivity index is 1.75. The highest BCUT2D eigenvalue weighted by Crippen LogP contribution is 2.26. The molecule has 174 valence electrons. The van der Waals surface area contributed by atoms with Gasteiger partial charge in [-0.25, -0.2) is 4.79 Å². The standard InChI is InChI=1S/C22H31N5O5/c1-14(2)26(21(29)32-22(3,4)5)13-15-7-6-10-25(12-15)20(28)19-17-11-16(27(30)31)8-9-18(17)23-24-19/h8-9,11,14-15H,6-7,10,12-13H2,1-5H3,(H,23,24). The predicted octanol–water partition coefficient (Wildman–Crippen LogP) is 3.97. The topological polar surface area (TPSA) is 122 Å². The maximum Gasteiger partial charge on any atom is 0.410 e. The van der Waals surface area contributed by atoms with Gasteiger partial charge in [0.05, 0.1) is 10.4 Å². The van der Waals surface area contributed by atoms with E-state index >= 15 is 0 Å². The fraction of sp³-hybridized carbons (Fsp3) is 0.591.